The van der Waals surface area contributed by atoms with Crippen molar-refractivity contribution in [1.29, 1.82) is 0 Å². The number of aromatic nitrogens is 2. The summed E-state index contributed by atoms with van der Waals surface area (Å²) in [6.45, 7) is 10.2. The third kappa shape index (κ3) is 4.86. The van der Waals surface area contributed by atoms with Crippen LogP contribution in [-0.2, 0) is 4.79 Å². The highest BCUT2D eigenvalue weighted by Crippen LogP contribution is 2.37. The van der Waals surface area contributed by atoms with E-state index < -0.39 is 0 Å². The number of carbonyl (C=O) groups excluding carboxylic acids is 1. The fourth-order valence-electron chi connectivity index (χ4n) is 3.72. The van der Waals surface area contributed by atoms with Crippen molar-refractivity contribution in [1.82, 2.24) is 14.7 Å². The summed E-state index contributed by atoms with van der Waals surface area (Å²) in [6.07, 6.45) is 6.43. The van der Waals surface area contributed by atoms with Gasteiger partial charge in [-0.15, -0.1) is 0 Å². The molecule has 1 aromatic heterocycles. The highest BCUT2D eigenvalue weighted by atomic mass is 32.2. The Labute approximate surface area is 210 Å². The third-order valence-corrected chi connectivity index (χ3v) is 7.04. The van der Waals surface area contributed by atoms with Gasteiger partial charge in [-0.2, -0.15) is 5.10 Å². The number of ether oxygens (including phenoxy) is 1. The topological polar surface area (TPSA) is 47.4 Å². The summed E-state index contributed by atoms with van der Waals surface area (Å²) in [4.78, 5) is 15.5. The predicted molar refractivity (Wildman–Crippen MR) is 144 cm³/mol. The van der Waals surface area contributed by atoms with Crippen molar-refractivity contribution < 1.29 is 9.53 Å². The first-order valence-electron chi connectivity index (χ1n) is 11.2. The van der Waals surface area contributed by atoms with Crippen LogP contribution in [-0.4, -0.2) is 37.6 Å². The number of amides is 1. The zero-order valence-electron chi connectivity index (χ0n) is 19.5. The second kappa shape index (κ2) is 10.4. The lowest BCUT2D eigenvalue weighted by Crippen LogP contribution is -2.36. The molecule has 1 fully saturated rings. The van der Waals surface area contributed by atoms with Gasteiger partial charge in [0.25, 0.3) is 5.91 Å². The first kappa shape index (κ1) is 24.0. The van der Waals surface area contributed by atoms with E-state index in [1.165, 1.54) is 11.8 Å². The molecule has 0 spiro atoms. The molecular weight excluding hydrogens is 462 g/mol. The fourth-order valence-corrected chi connectivity index (χ4v) is 5.17. The number of rotatable bonds is 8. The lowest BCUT2D eigenvalue weighted by molar-refractivity contribution is -0.123. The van der Waals surface area contributed by atoms with E-state index in [4.69, 9.17) is 22.1 Å². The maximum absolute atomic E-state index is 13.1. The Morgan fingerprint density at radius 2 is 2.00 bits per heavy atom. The van der Waals surface area contributed by atoms with Gasteiger partial charge in [0.1, 0.15) is 22.4 Å². The fraction of sp³-hybridized carbons (Fsp3) is 0.222. The van der Waals surface area contributed by atoms with Gasteiger partial charge in [-0.05, 0) is 62.2 Å². The van der Waals surface area contributed by atoms with Crippen molar-refractivity contribution in [3.8, 4) is 22.7 Å². The Morgan fingerprint density at radius 3 is 2.68 bits per heavy atom. The van der Waals surface area contributed by atoms with E-state index in [1.807, 2.05) is 73.3 Å². The number of benzene rings is 2. The average molecular weight is 490 g/mol. The van der Waals surface area contributed by atoms with Crippen LogP contribution < -0.4 is 4.74 Å². The van der Waals surface area contributed by atoms with Crippen LogP contribution in [0.25, 0.3) is 23.0 Å². The van der Waals surface area contributed by atoms with Gasteiger partial charge >= 0.3 is 0 Å². The van der Waals surface area contributed by atoms with E-state index in [0.717, 1.165) is 40.2 Å². The molecule has 2 aromatic carbocycles. The van der Waals surface area contributed by atoms with E-state index in [-0.39, 0.29) is 11.9 Å². The monoisotopic (exact) mass is 489 g/mol. The molecule has 1 aliphatic heterocycles. The van der Waals surface area contributed by atoms with Gasteiger partial charge in [0.2, 0.25) is 0 Å². The van der Waals surface area contributed by atoms with Gasteiger partial charge in [0, 0.05) is 23.4 Å². The molecule has 1 saturated heterocycles. The third-order valence-electron chi connectivity index (χ3n) is 5.71. The highest BCUT2D eigenvalue weighted by molar-refractivity contribution is 8.26. The number of hydrogen-bond acceptors (Lipinski definition) is 5. The number of thiocarbonyl (C=S) groups is 1. The SMILES string of the molecule is C=CCOc1ccc(-c2nn(-c3ccccc3)cc2/C=C2\SC(=S)N(C(C)CC)C2=O)cc1C. The molecule has 174 valence electrons. The number of nitrogens with zero attached hydrogens (tertiary/aromatic N) is 3. The number of para-hydroxylation sites is 1. The van der Waals surface area contributed by atoms with Gasteiger partial charge in [-0.1, -0.05) is 61.8 Å². The molecule has 0 N–H and O–H groups in total. The summed E-state index contributed by atoms with van der Waals surface area (Å²) < 4.78 is 8.18. The van der Waals surface area contributed by atoms with E-state index in [9.17, 15) is 4.79 Å². The van der Waals surface area contributed by atoms with Gasteiger partial charge in [0.15, 0.2) is 0 Å². The average Bonchev–Trinajstić information content (AvgIpc) is 3.39. The summed E-state index contributed by atoms with van der Waals surface area (Å²) in [7, 11) is 0. The van der Waals surface area contributed by atoms with E-state index in [1.54, 1.807) is 11.0 Å². The molecule has 0 bridgehead atoms. The van der Waals surface area contributed by atoms with Crippen molar-refractivity contribution in [3.63, 3.8) is 0 Å². The van der Waals surface area contributed by atoms with E-state index in [0.29, 0.717) is 15.8 Å². The summed E-state index contributed by atoms with van der Waals surface area (Å²) in [5.41, 5.74) is 4.53. The molecule has 2 heterocycles. The van der Waals surface area contributed by atoms with Crippen molar-refractivity contribution in [2.24, 2.45) is 0 Å². The van der Waals surface area contributed by atoms with Gasteiger partial charge in [0.05, 0.1) is 10.6 Å². The Balaban J connectivity index is 1.78. The minimum atomic E-state index is -0.0490. The number of carbonyl (C=O) groups is 1. The minimum Gasteiger partial charge on any atom is -0.489 e. The second-order valence-electron chi connectivity index (χ2n) is 8.10. The Kier molecular flexibility index (Phi) is 7.34. The summed E-state index contributed by atoms with van der Waals surface area (Å²) in [5, 5.41) is 4.89. The zero-order valence-corrected chi connectivity index (χ0v) is 21.2. The van der Waals surface area contributed by atoms with Crippen LogP contribution >= 0.6 is 24.0 Å². The predicted octanol–water partition coefficient (Wildman–Crippen LogP) is 6.41. The van der Waals surface area contributed by atoms with Crippen LogP contribution in [0.5, 0.6) is 5.75 Å². The summed E-state index contributed by atoms with van der Waals surface area (Å²) >= 11 is 6.86. The van der Waals surface area contributed by atoms with Crippen LogP contribution in [0, 0.1) is 6.92 Å². The van der Waals surface area contributed by atoms with Gasteiger partial charge < -0.3 is 4.74 Å². The molecule has 1 unspecified atom stereocenters. The lowest BCUT2D eigenvalue weighted by atomic mass is 10.0. The maximum atomic E-state index is 13.1. The van der Waals surface area contributed by atoms with Crippen LogP contribution in [0.1, 0.15) is 31.4 Å². The molecule has 1 atom stereocenters. The second-order valence-corrected chi connectivity index (χ2v) is 9.78. The van der Waals surface area contributed by atoms with Crippen LogP contribution in [0.3, 0.4) is 0 Å². The Hall–Kier alpha value is -3.16. The van der Waals surface area contributed by atoms with Gasteiger partial charge in [-0.25, -0.2) is 4.68 Å². The standard InChI is InChI=1S/C27H27N3O2S2/c1-5-14-32-23-13-12-20(15-18(23)3)25-21(17-29(28-25)22-10-8-7-9-11-22)16-24-26(31)30(19(4)6-2)27(33)34-24/h5,7-13,15-17,19H,1,6,14H2,2-4H3/b24-16-. The molecule has 34 heavy (non-hydrogen) atoms. The first-order chi connectivity index (χ1) is 16.4. The van der Waals surface area contributed by atoms with Crippen LogP contribution in [0.2, 0.25) is 0 Å². The minimum absolute atomic E-state index is 0.0490. The molecule has 7 heteroatoms. The first-order valence-corrected chi connectivity index (χ1v) is 12.4. The van der Waals surface area contributed by atoms with Crippen LogP contribution in [0.4, 0.5) is 0 Å². The number of aryl methyl sites for hydroxylation is 1. The molecular formula is C27H27N3O2S2. The summed E-state index contributed by atoms with van der Waals surface area (Å²) in [5.74, 6) is 0.759. The quantitative estimate of drug-likeness (QED) is 0.208. The van der Waals surface area contributed by atoms with E-state index in [2.05, 4.69) is 19.6 Å². The van der Waals surface area contributed by atoms with Crippen LogP contribution in [0.15, 0.2) is 72.3 Å². The maximum Gasteiger partial charge on any atom is 0.266 e. The van der Waals surface area contributed by atoms with Gasteiger partial charge in [-0.3, -0.25) is 9.69 Å². The zero-order chi connectivity index (χ0) is 24.2. The molecule has 1 amide bonds. The van der Waals surface area contributed by atoms with Crippen molar-refractivity contribution in [2.45, 2.75) is 33.2 Å². The molecule has 0 aliphatic carbocycles. The largest absolute Gasteiger partial charge is 0.489 e. The van der Waals surface area contributed by atoms with E-state index >= 15 is 0 Å². The molecule has 1 aliphatic rings. The molecule has 5 nitrogen and oxygen atoms in total. The van der Waals surface area contributed by atoms with Crippen molar-refractivity contribution in [3.05, 3.63) is 83.4 Å². The highest BCUT2D eigenvalue weighted by Gasteiger charge is 2.35. The number of hydrogen-bond donors (Lipinski definition) is 0. The molecule has 0 saturated carbocycles. The number of thioether (sulfide) groups is 1. The Morgan fingerprint density at radius 1 is 1.24 bits per heavy atom. The van der Waals surface area contributed by atoms with Crippen molar-refractivity contribution in [2.75, 3.05) is 6.61 Å². The smallest absolute Gasteiger partial charge is 0.266 e. The normalized spacial score (nSPS) is 15.7. The molecule has 0 radical (unpaired) electrons. The Bertz CT molecular complexity index is 1260. The molecule has 4 rings (SSSR count). The molecule has 3 aromatic rings. The lowest BCUT2D eigenvalue weighted by Gasteiger charge is -2.21. The summed E-state index contributed by atoms with van der Waals surface area (Å²) in [6, 6.07) is 16.0. The van der Waals surface area contributed by atoms with Crippen molar-refractivity contribution >= 4 is 40.3 Å².